The lowest BCUT2D eigenvalue weighted by molar-refractivity contribution is 0.242. The highest BCUT2D eigenvalue weighted by Crippen LogP contribution is 2.21. The van der Waals surface area contributed by atoms with Gasteiger partial charge in [-0.3, -0.25) is 0 Å². The van der Waals surface area contributed by atoms with Crippen LogP contribution in [0.25, 0.3) is 0 Å². The molecule has 0 aromatic heterocycles. The van der Waals surface area contributed by atoms with Gasteiger partial charge in [-0.25, -0.2) is 8.42 Å². The van der Waals surface area contributed by atoms with Gasteiger partial charge in [0.25, 0.3) is 10.0 Å². The highest BCUT2D eigenvalue weighted by molar-refractivity contribution is 7.89. The fraction of sp³-hybridized carbons (Fsp3) is 0. The van der Waals surface area contributed by atoms with E-state index < -0.39 is 10.0 Å². The van der Waals surface area contributed by atoms with Crippen LogP contribution >= 0.6 is 11.6 Å². The average molecular weight is 223 g/mol. The third-order valence-corrected chi connectivity index (χ3v) is 2.84. The second-order valence-corrected chi connectivity index (χ2v) is 4.35. The Kier molecular flexibility index (Phi) is 2.77. The molecular weight excluding hydrogens is 216 g/mol. The van der Waals surface area contributed by atoms with Gasteiger partial charge < -0.3 is 10.9 Å². The summed E-state index contributed by atoms with van der Waals surface area (Å²) in [6, 6.07) is 3.72. The first-order valence-electron chi connectivity index (χ1n) is 3.18. The number of nitrogen functional groups attached to an aromatic ring is 1. The molecule has 0 aliphatic heterocycles. The number of nitrogens with two attached hydrogens (primary N) is 1. The Hall–Kier alpha value is -0.820. The van der Waals surface area contributed by atoms with Crippen molar-refractivity contribution >= 4 is 27.3 Å². The maximum absolute atomic E-state index is 11.0. The third kappa shape index (κ3) is 2.10. The molecule has 4 N–H and O–H groups in total. The molecule has 0 radical (unpaired) electrons. The summed E-state index contributed by atoms with van der Waals surface area (Å²) < 4.78 is 22.0. The van der Waals surface area contributed by atoms with Gasteiger partial charge in [-0.05, 0) is 18.2 Å². The predicted molar refractivity (Wildman–Crippen MR) is 48.0 cm³/mol. The van der Waals surface area contributed by atoms with Gasteiger partial charge in [0.1, 0.15) is 0 Å². The third-order valence-electron chi connectivity index (χ3n) is 1.40. The van der Waals surface area contributed by atoms with E-state index in [1.54, 1.807) is 0 Å². The van der Waals surface area contributed by atoms with Crippen molar-refractivity contribution in [3.63, 3.8) is 0 Å². The van der Waals surface area contributed by atoms with Crippen molar-refractivity contribution in [1.82, 2.24) is 4.89 Å². The van der Waals surface area contributed by atoms with Crippen LogP contribution in [0.3, 0.4) is 0 Å². The SMILES string of the molecule is Nc1ccc(S(=O)(=O)NO)cc1Cl. The van der Waals surface area contributed by atoms with Gasteiger partial charge in [-0.2, -0.15) is 0 Å². The molecule has 0 saturated heterocycles. The summed E-state index contributed by atoms with van der Waals surface area (Å²) >= 11 is 5.58. The molecule has 7 heteroatoms. The van der Waals surface area contributed by atoms with Crippen LogP contribution in [0.5, 0.6) is 0 Å². The highest BCUT2D eigenvalue weighted by Gasteiger charge is 2.13. The molecule has 0 amide bonds. The second kappa shape index (κ2) is 3.51. The normalized spacial score (nSPS) is 11.5. The molecule has 1 aromatic carbocycles. The van der Waals surface area contributed by atoms with E-state index in [0.717, 1.165) is 6.07 Å². The van der Waals surface area contributed by atoms with Crippen LogP contribution in [-0.4, -0.2) is 13.6 Å². The molecule has 0 bridgehead atoms. The van der Waals surface area contributed by atoms with Gasteiger partial charge >= 0.3 is 0 Å². The summed E-state index contributed by atoms with van der Waals surface area (Å²) in [7, 11) is -3.87. The Morgan fingerprint density at radius 2 is 2.08 bits per heavy atom. The van der Waals surface area contributed by atoms with Crippen LogP contribution in [-0.2, 0) is 10.0 Å². The standard InChI is InChI=1S/C6H7ClN2O3S/c7-5-3-4(1-2-6(5)8)13(11,12)9-10/h1-3,9-10H,8H2. The number of hydrogen-bond acceptors (Lipinski definition) is 4. The van der Waals surface area contributed by atoms with Crippen LogP contribution in [0.4, 0.5) is 5.69 Å². The molecular formula is C6H7ClN2O3S. The summed E-state index contributed by atoms with van der Waals surface area (Å²) in [6.45, 7) is 0. The maximum atomic E-state index is 11.0. The van der Waals surface area contributed by atoms with Crippen molar-refractivity contribution in [2.75, 3.05) is 5.73 Å². The molecule has 5 nitrogen and oxygen atoms in total. The van der Waals surface area contributed by atoms with E-state index in [-0.39, 0.29) is 15.6 Å². The van der Waals surface area contributed by atoms with E-state index in [0.29, 0.717) is 0 Å². The van der Waals surface area contributed by atoms with Crippen LogP contribution in [0.15, 0.2) is 23.1 Å². The lowest BCUT2D eigenvalue weighted by atomic mass is 10.3. The Bertz CT molecular complexity index is 418. The molecule has 0 heterocycles. The van der Waals surface area contributed by atoms with Crippen LogP contribution in [0, 0.1) is 0 Å². The van der Waals surface area contributed by atoms with Crippen LogP contribution < -0.4 is 10.6 Å². The molecule has 1 rings (SSSR count). The second-order valence-electron chi connectivity index (χ2n) is 2.28. The number of nitrogens with one attached hydrogen (secondary N) is 1. The van der Waals surface area contributed by atoms with Crippen LogP contribution in [0.2, 0.25) is 5.02 Å². The smallest absolute Gasteiger partial charge is 0.262 e. The number of anilines is 1. The fourth-order valence-corrected chi connectivity index (χ4v) is 1.60. The molecule has 0 fully saturated rings. The average Bonchev–Trinajstić information content (AvgIpc) is 2.09. The van der Waals surface area contributed by atoms with Gasteiger partial charge in [0, 0.05) is 0 Å². The number of halogens is 1. The first-order valence-corrected chi connectivity index (χ1v) is 5.04. The number of benzene rings is 1. The molecule has 72 valence electrons. The number of hydrogen-bond donors (Lipinski definition) is 3. The first kappa shape index (κ1) is 10.3. The molecule has 0 aliphatic rings. The topological polar surface area (TPSA) is 92.4 Å². The monoisotopic (exact) mass is 222 g/mol. The molecule has 1 aromatic rings. The number of sulfonamides is 1. The zero-order chi connectivity index (χ0) is 10.1. The lowest BCUT2D eigenvalue weighted by Crippen LogP contribution is -2.19. The molecule has 0 spiro atoms. The van der Waals surface area contributed by atoms with Gasteiger partial charge in [-0.1, -0.05) is 16.5 Å². The minimum absolute atomic E-state index is 0.122. The molecule has 13 heavy (non-hydrogen) atoms. The van der Waals surface area contributed by atoms with Crippen LogP contribution in [0.1, 0.15) is 0 Å². The predicted octanol–water partition coefficient (Wildman–Crippen LogP) is 0.590. The van der Waals surface area contributed by atoms with E-state index in [1.807, 2.05) is 0 Å². The quantitative estimate of drug-likeness (QED) is 0.504. The van der Waals surface area contributed by atoms with Gasteiger partial charge in [-0.15, -0.1) is 0 Å². The van der Waals surface area contributed by atoms with E-state index >= 15 is 0 Å². The molecule has 0 aliphatic carbocycles. The summed E-state index contributed by atoms with van der Waals surface area (Å²) in [5.74, 6) is 0. The van der Waals surface area contributed by atoms with Crippen molar-refractivity contribution in [3.8, 4) is 0 Å². The summed E-state index contributed by atoms with van der Waals surface area (Å²) in [5.41, 5.74) is 5.64. The van der Waals surface area contributed by atoms with Crippen molar-refractivity contribution in [2.45, 2.75) is 4.90 Å². The van der Waals surface area contributed by atoms with Gasteiger partial charge in [0.15, 0.2) is 0 Å². The maximum Gasteiger partial charge on any atom is 0.262 e. The zero-order valence-electron chi connectivity index (χ0n) is 6.36. The van der Waals surface area contributed by atoms with Crippen molar-refractivity contribution in [1.29, 1.82) is 0 Å². The largest absolute Gasteiger partial charge is 0.398 e. The van der Waals surface area contributed by atoms with E-state index in [1.165, 1.54) is 17.0 Å². The lowest BCUT2D eigenvalue weighted by Gasteiger charge is -2.02. The van der Waals surface area contributed by atoms with Crippen molar-refractivity contribution < 1.29 is 13.6 Å². The molecule has 0 saturated carbocycles. The minimum Gasteiger partial charge on any atom is -0.398 e. The summed E-state index contributed by atoms with van der Waals surface area (Å²) in [4.78, 5) is 1.03. The van der Waals surface area contributed by atoms with Crippen molar-refractivity contribution in [3.05, 3.63) is 23.2 Å². The van der Waals surface area contributed by atoms with E-state index in [2.05, 4.69) is 0 Å². The number of rotatable bonds is 2. The molecule has 0 unspecified atom stereocenters. The Labute approximate surface area is 80.1 Å². The van der Waals surface area contributed by atoms with E-state index in [4.69, 9.17) is 22.5 Å². The minimum atomic E-state index is -3.87. The Balaban J connectivity index is 3.27. The first-order chi connectivity index (χ1) is 5.97. The fourth-order valence-electron chi connectivity index (χ4n) is 0.728. The molecule has 0 atom stereocenters. The highest BCUT2D eigenvalue weighted by atomic mass is 35.5. The zero-order valence-corrected chi connectivity index (χ0v) is 7.93. The van der Waals surface area contributed by atoms with E-state index in [9.17, 15) is 8.42 Å². The Morgan fingerprint density at radius 3 is 2.54 bits per heavy atom. The Morgan fingerprint density at radius 1 is 1.46 bits per heavy atom. The summed E-state index contributed by atoms with van der Waals surface area (Å²) in [5, 5.41) is 8.42. The van der Waals surface area contributed by atoms with Gasteiger partial charge in [0.2, 0.25) is 0 Å². The summed E-state index contributed by atoms with van der Waals surface area (Å²) in [6.07, 6.45) is 0. The van der Waals surface area contributed by atoms with Crippen molar-refractivity contribution in [2.24, 2.45) is 0 Å². The van der Waals surface area contributed by atoms with Gasteiger partial charge in [0.05, 0.1) is 15.6 Å².